The van der Waals surface area contributed by atoms with Crippen molar-refractivity contribution in [3.63, 3.8) is 0 Å². The largest absolute Gasteiger partial charge is 0.497 e. The summed E-state index contributed by atoms with van der Waals surface area (Å²) in [5.41, 5.74) is 3.38. The summed E-state index contributed by atoms with van der Waals surface area (Å²) < 4.78 is 5.20. The number of hydrogen-bond acceptors (Lipinski definition) is 2. The molecule has 0 amide bonds. The van der Waals surface area contributed by atoms with Crippen LogP contribution in [0.25, 0.3) is 0 Å². The number of aliphatic hydroxyl groups excluding tert-OH is 1. The summed E-state index contributed by atoms with van der Waals surface area (Å²) in [4.78, 5) is 0. The monoisotopic (exact) mass is 256 g/mol. The lowest BCUT2D eigenvalue weighted by Crippen LogP contribution is -2.00. The molecule has 2 heteroatoms. The van der Waals surface area contributed by atoms with Gasteiger partial charge in [-0.1, -0.05) is 42.0 Å². The number of ether oxygens (including phenoxy) is 1. The fourth-order valence-electron chi connectivity index (χ4n) is 2.09. The maximum absolute atomic E-state index is 10.2. The molecule has 0 heterocycles. The number of methoxy groups -OCH3 is 1. The Labute approximate surface area is 114 Å². The second kappa shape index (κ2) is 6.39. The number of hydrogen-bond donors (Lipinski definition) is 1. The van der Waals surface area contributed by atoms with Gasteiger partial charge in [0.25, 0.3) is 0 Å². The van der Waals surface area contributed by atoms with E-state index in [9.17, 15) is 5.11 Å². The minimum absolute atomic E-state index is 0.410. The Kier molecular flexibility index (Phi) is 4.58. The molecule has 2 nitrogen and oxygen atoms in total. The maximum atomic E-state index is 10.2. The van der Waals surface area contributed by atoms with Crippen molar-refractivity contribution in [1.82, 2.24) is 0 Å². The molecule has 100 valence electrons. The lowest BCUT2D eigenvalue weighted by atomic mass is 10.0. The lowest BCUT2D eigenvalue weighted by Gasteiger charge is -2.11. The second-order valence-corrected chi connectivity index (χ2v) is 4.82. The molecule has 0 aliphatic rings. The quantitative estimate of drug-likeness (QED) is 0.884. The Balaban J connectivity index is 1.96. The summed E-state index contributed by atoms with van der Waals surface area (Å²) in [5, 5.41) is 10.2. The first-order valence-corrected chi connectivity index (χ1v) is 6.56. The third-order valence-corrected chi connectivity index (χ3v) is 3.30. The zero-order valence-corrected chi connectivity index (χ0v) is 11.5. The van der Waals surface area contributed by atoms with Gasteiger partial charge in [0.15, 0.2) is 0 Å². The molecule has 0 fully saturated rings. The van der Waals surface area contributed by atoms with Gasteiger partial charge in [-0.3, -0.25) is 0 Å². The summed E-state index contributed by atoms with van der Waals surface area (Å²) in [6, 6.07) is 16.0. The van der Waals surface area contributed by atoms with Crippen molar-refractivity contribution in [2.75, 3.05) is 7.11 Å². The van der Waals surface area contributed by atoms with Crippen LogP contribution in [0.2, 0.25) is 0 Å². The molecule has 0 saturated carbocycles. The number of rotatable bonds is 5. The van der Waals surface area contributed by atoms with Gasteiger partial charge in [-0.15, -0.1) is 0 Å². The number of aryl methyl sites for hydroxylation is 2. The van der Waals surface area contributed by atoms with Gasteiger partial charge in [-0.2, -0.15) is 0 Å². The zero-order valence-electron chi connectivity index (χ0n) is 11.5. The molecule has 0 aliphatic carbocycles. The van der Waals surface area contributed by atoms with E-state index in [0.717, 1.165) is 24.2 Å². The lowest BCUT2D eigenvalue weighted by molar-refractivity contribution is 0.168. The smallest absolute Gasteiger partial charge is 0.119 e. The van der Waals surface area contributed by atoms with Gasteiger partial charge in [0.1, 0.15) is 5.75 Å². The van der Waals surface area contributed by atoms with Gasteiger partial charge < -0.3 is 9.84 Å². The molecular formula is C17H20O2. The molecule has 2 rings (SSSR count). The number of aliphatic hydroxyl groups is 1. The molecule has 1 atom stereocenters. The van der Waals surface area contributed by atoms with Crippen LogP contribution in [0, 0.1) is 6.92 Å². The van der Waals surface area contributed by atoms with E-state index in [4.69, 9.17) is 4.74 Å². The first kappa shape index (κ1) is 13.6. The van der Waals surface area contributed by atoms with Crippen LogP contribution in [0.4, 0.5) is 0 Å². The fraction of sp³-hybridized carbons (Fsp3) is 0.294. The summed E-state index contributed by atoms with van der Waals surface area (Å²) in [7, 11) is 1.67. The molecule has 1 unspecified atom stereocenters. The van der Waals surface area contributed by atoms with Crippen molar-refractivity contribution in [3.05, 3.63) is 65.2 Å². The Morgan fingerprint density at radius 2 is 1.84 bits per heavy atom. The zero-order chi connectivity index (χ0) is 13.7. The molecule has 0 radical (unpaired) electrons. The Morgan fingerprint density at radius 1 is 1.11 bits per heavy atom. The second-order valence-electron chi connectivity index (χ2n) is 4.82. The standard InChI is InChI=1S/C17H20O2/c1-13-6-9-15(10-7-13)17(18)11-8-14-4-3-5-16(12-14)19-2/h3-7,9-10,12,17-18H,8,11H2,1-2H3. The molecular weight excluding hydrogens is 236 g/mol. The fourth-order valence-corrected chi connectivity index (χ4v) is 2.09. The van der Waals surface area contributed by atoms with Crippen LogP contribution >= 0.6 is 0 Å². The Morgan fingerprint density at radius 3 is 2.53 bits per heavy atom. The average Bonchev–Trinajstić information content (AvgIpc) is 2.46. The Bertz CT molecular complexity index is 517. The van der Waals surface area contributed by atoms with Gasteiger partial charge in [-0.25, -0.2) is 0 Å². The highest BCUT2D eigenvalue weighted by Gasteiger charge is 2.07. The van der Waals surface area contributed by atoms with Gasteiger partial charge in [0, 0.05) is 0 Å². The summed E-state index contributed by atoms with van der Waals surface area (Å²) >= 11 is 0. The van der Waals surface area contributed by atoms with E-state index in [1.54, 1.807) is 7.11 Å². The first-order chi connectivity index (χ1) is 9.19. The topological polar surface area (TPSA) is 29.5 Å². The van der Waals surface area contributed by atoms with Crippen molar-refractivity contribution in [1.29, 1.82) is 0 Å². The molecule has 19 heavy (non-hydrogen) atoms. The highest BCUT2D eigenvalue weighted by Crippen LogP contribution is 2.21. The summed E-state index contributed by atoms with van der Waals surface area (Å²) in [5.74, 6) is 0.863. The third-order valence-electron chi connectivity index (χ3n) is 3.30. The highest BCUT2D eigenvalue weighted by molar-refractivity contribution is 5.29. The van der Waals surface area contributed by atoms with Gasteiger partial charge >= 0.3 is 0 Å². The third kappa shape index (κ3) is 3.83. The van der Waals surface area contributed by atoms with Crippen LogP contribution in [0.3, 0.4) is 0 Å². The van der Waals surface area contributed by atoms with E-state index in [1.807, 2.05) is 49.4 Å². The Hall–Kier alpha value is -1.80. The van der Waals surface area contributed by atoms with E-state index in [2.05, 4.69) is 6.07 Å². The molecule has 0 aliphatic heterocycles. The predicted octanol–water partition coefficient (Wildman–Crippen LogP) is 3.67. The van der Waals surface area contributed by atoms with Crippen LogP contribution < -0.4 is 4.74 Å². The van der Waals surface area contributed by atoms with E-state index in [0.29, 0.717) is 0 Å². The van der Waals surface area contributed by atoms with Crippen LogP contribution in [0.5, 0.6) is 5.75 Å². The molecule has 2 aromatic rings. The van der Waals surface area contributed by atoms with Crippen LogP contribution in [-0.4, -0.2) is 12.2 Å². The molecule has 0 saturated heterocycles. The molecule has 1 N–H and O–H groups in total. The van der Waals surface area contributed by atoms with Crippen LogP contribution in [0.15, 0.2) is 48.5 Å². The van der Waals surface area contributed by atoms with E-state index in [-0.39, 0.29) is 0 Å². The maximum Gasteiger partial charge on any atom is 0.119 e. The van der Waals surface area contributed by atoms with E-state index >= 15 is 0 Å². The molecule has 0 bridgehead atoms. The average molecular weight is 256 g/mol. The van der Waals surface area contributed by atoms with Crippen molar-refractivity contribution < 1.29 is 9.84 Å². The van der Waals surface area contributed by atoms with Crippen molar-refractivity contribution in [2.45, 2.75) is 25.9 Å². The number of benzene rings is 2. The van der Waals surface area contributed by atoms with Crippen molar-refractivity contribution >= 4 is 0 Å². The van der Waals surface area contributed by atoms with Crippen molar-refractivity contribution in [2.24, 2.45) is 0 Å². The normalized spacial score (nSPS) is 12.2. The van der Waals surface area contributed by atoms with Gasteiger partial charge in [0.05, 0.1) is 13.2 Å². The predicted molar refractivity (Wildman–Crippen MR) is 77.5 cm³/mol. The highest BCUT2D eigenvalue weighted by atomic mass is 16.5. The molecule has 0 aromatic heterocycles. The minimum Gasteiger partial charge on any atom is -0.497 e. The molecule has 0 spiro atoms. The summed E-state index contributed by atoms with van der Waals surface area (Å²) in [6.45, 7) is 2.05. The SMILES string of the molecule is COc1cccc(CCC(O)c2ccc(C)cc2)c1. The molecule has 2 aromatic carbocycles. The van der Waals surface area contributed by atoms with Gasteiger partial charge in [0.2, 0.25) is 0 Å². The summed E-state index contributed by atoms with van der Waals surface area (Å²) in [6.07, 6.45) is 1.15. The van der Waals surface area contributed by atoms with Crippen molar-refractivity contribution in [3.8, 4) is 5.75 Å². The van der Waals surface area contributed by atoms with Gasteiger partial charge in [-0.05, 0) is 43.0 Å². The first-order valence-electron chi connectivity index (χ1n) is 6.56. The minimum atomic E-state index is -0.410. The van der Waals surface area contributed by atoms with E-state index in [1.165, 1.54) is 11.1 Å². The van der Waals surface area contributed by atoms with E-state index < -0.39 is 6.10 Å². The van der Waals surface area contributed by atoms with Crippen LogP contribution in [-0.2, 0) is 6.42 Å². The van der Waals surface area contributed by atoms with Crippen LogP contribution in [0.1, 0.15) is 29.2 Å².